The molecule has 10 heteroatoms. The largest absolute Gasteiger partial charge is 0.445 e. The Labute approximate surface area is 259 Å². The van der Waals surface area contributed by atoms with Gasteiger partial charge in [-0.3, -0.25) is 15.0 Å². The highest BCUT2D eigenvalue weighted by Gasteiger charge is 2.32. The number of anilines is 3. The lowest BCUT2D eigenvalue weighted by Gasteiger charge is -2.37. The summed E-state index contributed by atoms with van der Waals surface area (Å²) in [5.74, 6) is 0. The van der Waals surface area contributed by atoms with Gasteiger partial charge in [-0.25, -0.2) is 9.59 Å². The van der Waals surface area contributed by atoms with Crippen LogP contribution in [0.1, 0.15) is 65.2 Å². The zero-order valence-corrected chi connectivity index (χ0v) is 26.5. The Hall–Kier alpha value is -4.60. The molecule has 2 amide bonds. The predicted octanol–water partition coefficient (Wildman–Crippen LogP) is 8.21. The summed E-state index contributed by atoms with van der Waals surface area (Å²) in [4.78, 5) is 41.0. The Morgan fingerprint density at radius 1 is 1.00 bits per heavy atom. The van der Waals surface area contributed by atoms with Gasteiger partial charge in [-0.05, 0) is 74.4 Å². The van der Waals surface area contributed by atoms with Gasteiger partial charge in [0, 0.05) is 30.9 Å². The lowest BCUT2D eigenvalue weighted by Crippen LogP contribution is -2.45. The normalized spacial score (nSPS) is 13.6. The van der Waals surface area contributed by atoms with Crippen molar-refractivity contribution in [3.8, 4) is 0 Å². The maximum absolute atomic E-state index is 13.3. The molecule has 44 heavy (non-hydrogen) atoms. The van der Waals surface area contributed by atoms with Gasteiger partial charge in [0.05, 0.1) is 10.6 Å². The molecule has 0 saturated carbocycles. The maximum Gasteiger partial charge on any atom is 0.414 e. The second-order valence-corrected chi connectivity index (χ2v) is 13.2. The summed E-state index contributed by atoms with van der Waals surface area (Å²) in [5.41, 5.74) is 3.05. The van der Waals surface area contributed by atoms with E-state index in [-0.39, 0.29) is 30.3 Å². The number of amides is 2. The van der Waals surface area contributed by atoms with Crippen molar-refractivity contribution in [3.05, 3.63) is 93.5 Å². The first-order chi connectivity index (χ1) is 20.6. The molecule has 10 nitrogen and oxygen atoms in total. The van der Waals surface area contributed by atoms with E-state index in [0.29, 0.717) is 35.6 Å². The number of ether oxygens (including phenoxy) is 2. The van der Waals surface area contributed by atoms with E-state index in [1.165, 1.54) is 6.07 Å². The molecule has 0 aliphatic carbocycles. The number of hydrogen-bond acceptors (Lipinski definition) is 7. The van der Waals surface area contributed by atoms with Crippen LogP contribution in [0, 0.1) is 15.5 Å². The van der Waals surface area contributed by atoms with Gasteiger partial charge in [-0.15, -0.1) is 0 Å². The molecule has 0 fully saturated rings. The molecule has 0 unspecified atom stereocenters. The van der Waals surface area contributed by atoms with Crippen LogP contribution in [0.4, 0.5) is 32.3 Å². The third kappa shape index (κ3) is 8.06. The van der Waals surface area contributed by atoms with Crippen molar-refractivity contribution in [2.45, 2.75) is 79.7 Å². The molecule has 3 aromatic rings. The van der Waals surface area contributed by atoms with Gasteiger partial charge in [0.2, 0.25) is 0 Å². The molecule has 0 aromatic heterocycles. The number of rotatable bonds is 8. The number of nitrogens with one attached hydrogen (secondary N) is 1. The van der Waals surface area contributed by atoms with Gasteiger partial charge in [-0.2, -0.15) is 0 Å². The van der Waals surface area contributed by atoms with Crippen molar-refractivity contribution in [2.24, 2.45) is 5.41 Å². The Morgan fingerprint density at radius 2 is 1.70 bits per heavy atom. The molecule has 1 N–H and O–H groups in total. The van der Waals surface area contributed by atoms with Gasteiger partial charge in [0.15, 0.2) is 0 Å². The molecule has 1 heterocycles. The Morgan fingerprint density at radius 3 is 2.34 bits per heavy atom. The molecule has 4 rings (SSSR count). The second-order valence-electron chi connectivity index (χ2n) is 13.2. The van der Waals surface area contributed by atoms with Crippen LogP contribution in [-0.4, -0.2) is 40.2 Å². The number of nitrogens with zero attached hydrogens (tertiary/aromatic N) is 3. The number of hydrogen-bond donors (Lipinski definition) is 1. The number of benzene rings is 3. The highest BCUT2D eigenvalue weighted by molar-refractivity contribution is 5.91. The van der Waals surface area contributed by atoms with Crippen molar-refractivity contribution in [2.75, 3.05) is 16.8 Å². The molecule has 0 saturated heterocycles. The fourth-order valence-corrected chi connectivity index (χ4v) is 4.88. The van der Waals surface area contributed by atoms with Gasteiger partial charge in [0.1, 0.15) is 17.9 Å². The monoisotopic (exact) mass is 602 g/mol. The fraction of sp³-hybridized carbons (Fsp3) is 0.412. The van der Waals surface area contributed by atoms with Crippen molar-refractivity contribution in [3.63, 3.8) is 0 Å². The summed E-state index contributed by atoms with van der Waals surface area (Å²) in [6.45, 7) is 14.3. The first kappa shape index (κ1) is 32.3. The standard InChI is InChI=1S/C34H42N4O6/c1-23(33(2,3)4)37(31(39)43-22-24-11-9-8-10-12-24)21-25-13-16-28(30(19-25)38(41)42)35-27-15-14-26-17-18-36(29(26)20-27)32(40)44-34(5,6)7/h8-16,19-20,23,35H,17-18,21-22H2,1-7H3/t23-/m0/s1. The zero-order chi connectivity index (χ0) is 32.2. The second kappa shape index (κ2) is 13.0. The molecule has 1 aliphatic rings. The molecule has 1 aliphatic heterocycles. The van der Waals surface area contributed by atoms with E-state index in [4.69, 9.17) is 9.47 Å². The molecule has 0 spiro atoms. The van der Waals surface area contributed by atoms with E-state index >= 15 is 0 Å². The molecule has 3 aromatic carbocycles. The quantitative estimate of drug-likeness (QED) is 0.204. The highest BCUT2D eigenvalue weighted by Crippen LogP contribution is 2.36. The van der Waals surface area contributed by atoms with Gasteiger partial charge in [-0.1, -0.05) is 63.2 Å². The molecular weight excluding hydrogens is 560 g/mol. The van der Waals surface area contributed by atoms with Crippen LogP contribution in [0.3, 0.4) is 0 Å². The van der Waals surface area contributed by atoms with E-state index < -0.39 is 22.7 Å². The van der Waals surface area contributed by atoms with Crippen LogP contribution >= 0.6 is 0 Å². The van der Waals surface area contributed by atoms with Crippen molar-refractivity contribution < 1.29 is 24.0 Å². The van der Waals surface area contributed by atoms with Crippen LogP contribution in [0.5, 0.6) is 0 Å². The first-order valence-corrected chi connectivity index (χ1v) is 14.8. The van der Waals surface area contributed by atoms with Crippen LogP contribution in [0.15, 0.2) is 66.7 Å². The molecular formula is C34H42N4O6. The van der Waals surface area contributed by atoms with Crippen LogP contribution in [0.2, 0.25) is 0 Å². The average molecular weight is 603 g/mol. The van der Waals surface area contributed by atoms with Gasteiger partial charge >= 0.3 is 12.2 Å². The molecule has 234 valence electrons. The van der Waals surface area contributed by atoms with E-state index in [0.717, 1.165) is 11.1 Å². The van der Waals surface area contributed by atoms with Gasteiger partial charge < -0.3 is 19.7 Å². The fourth-order valence-electron chi connectivity index (χ4n) is 4.88. The highest BCUT2D eigenvalue weighted by atomic mass is 16.6. The molecule has 0 bridgehead atoms. The third-order valence-corrected chi connectivity index (χ3v) is 7.65. The summed E-state index contributed by atoms with van der Waals surface area (Å²) in [5, 5.41) is 15.3. The minimum Gasteiger partial charge on any atom is -0.445 e. The Balaban J connectivity index is 1.55. The summed E-state index contributed by atoms with van der Waals surface area (Å²) in [6, 6.07) is 19.7. The van der Waals surface area contributed by atoms with Crippen LogP contribution < -0.4 is 10.2 Å². The van der Waals surface area contributed by atoms with Gasteiger partial charge in [0.25, 0.3) is 5.69 Å². The Kier molecular flexibility index (Phi) is 9.51. The summed E-state index contributed by atoms with van der Waals surface area (Å²) in [6.07, 6.45) is -0.227. The third-order valence-electron chi connectivity index (χ3n) is 7.65. The van der Waals surface area contributed by atoms with Crippen molar-refractivity contribution in [1.29, 1.82) is 0 Å². The summed E-state index contributed by atoms with van der Waals surface area (Å²) < 4.78 is 11.2. The van der Waals surface area contributed by atoms with Crippen molar-refractivity contribution >= 4 is 34.9 Å². The topological polar surface area (TPSA) is 114 Å². The SMILES string of the molecule is C[C@H](N(Cc1ccc(Nc2ccc3c(c2)N(C(=O)OC(C)(C)C)CC3)c([N+](=O)[O-])c1)C(=O)OCc1ccccc1)C(C)(C)C. The minimum absolute atomic E-state index is 0.127. The molecule has 0 radical (unpaired) electrons. The number of nitro groups is 1. The summed E-state index contributed by atoms with van der Waals surface area (Å²) >= 11 is 0. The number of nitro benzene ring substituents is 1. The maximum atomic E-state index is 13.3. The van der Waals surface area contributed by atoms with E-state index in [1.807, 2.05) is 90.9 Å². The smallest absolute Gasteiger partial charge is 0.414 e. The zero-order valence-electron chi connectivity index (χ0n) is 26.5. The minimum atomic E-state index is -0.628. The van der Waals surface area contributed by atoms with E-state index in [2.05, 4.69) is 5.32 Å². The van der Waals surface area contributed by atoms with Crippen LogP contribution in [0.25, 0.3) is 0 Å². The lowest BCUT2D eigenvalue weighted by molar-refractivity contribution is -0.384. The number of fused-ring (bicyclic) bond motifs is 1. The van der Waals surface area contributed by atoms with Crippen molar-refractivity contribution in [1.82, 2.24) is 4.90 Å². The predicted molar refractivity (Wildman–Crippen MR) is 171 cm³/mol. The Bertz CT molecular complexity index is 1510. The lowest BCUT2D eigenvalue weighted by atomic mass is 9.87. The van der Waals surface area contributed by atoms with E-state index in [1.54, 1.807) is 28.0 Å². The summed E-state index contributed by atoms with van der Waals surface area (Å²) in [7, 11) is 0. The first-order valence-electron chi connectivity index (χ1n) is 14.8. The average Bonchev–Trinajstić information content (AvgIpc) is 3.37. The van der Waals surface area contributed by atoms with E-state index in [9.17, 15) is 19.7 Å². The molecule has 1 atom stereocenters. The number of carbonyl (C=O) groups is 2. The van der Waals surface area contributed by atoms with Crippen LogP contribution in [-0.2, 0) is 29.0 Å². The number of carbonyl (C=O) groups excluding carboxylic acids is 2.